The highest BCUT2D eigenvalue weighted by Crippen LogP contribution is 2.26. The van der Waals surface area contributed by atoms with Crippen LogP contribution in [0.15, 0.2) is 42.5 Å². The Morgan fingerprint density at radius 1 is 1.21 bits per heavy atom. The number of amides is 2. The monoisotopic (exact) mass is 328 g/mol. The van der Waals surface area contributed by atoms with Crippen molar-refractivity contribution in [2.75, 3.05) is 11.9 Å². The molecule has 2 amide bonds. The van der Waals surface area contributed by atoms with Crippen molar-refractivity contribution in [2.45, 2.75) is 19.4 Å². The molecule has 5 nitrogen and oxygen atoms in total. The molecule has 2 aromatic carbocycles. The van der Waals surface area contributed by atoms with Crippen molar-refractivity contribution >= 4 is 17.5 Å². The predicted octanol–water partition coefficient (Wildman–Crippen LogP) is 2.41. The van der Waals surface area contributed by atoms with Crippen LogP contribution >= 0.6 is 0 Å². The summed E-state index contributed by atoms with van der Waals surface area (Å²) < 4.78 is 18.9. The summed E-state index contributed by atoms with van der Waals surface area (Å²) in [4.78, 5) is 23.1. The zero-order chi connectivity index (χ0) is 16.9. The molecule has 3 rings (SSSR count). The summed E-state index contributed by atoms with van der Waals surface area (Å²) in [7, 11) is 0. The fourth-order valence-corrected chi connectivity index (χ4v) is 2.49. The Kier molecular flexibility index (Phi) is 4.74. The molecule has 0 radical (unpaired) electrons. The highest BCUT2D eigenvalue weighted by atomic mass is 19.1. The summed E-state index contributed by atoms with van der Waals surface area (Å²) in [5.41, 5.74) is 2.19. The molecule has 0 atom stereocenters. The molecule has 0 saturated carbocycles. The zero-order valence-corrected chi connectivity index (χ0v) is 13.0. The Hall–Kier alpha value is -2.89. The summed E-state index contributed by atoms with van der Waals surface area (Å²) in [5.74, 6) is -0.116. The number of nitrogens with one attached hydrogen (secondary N) is 2. The van der Waals surface area contributed by atoms with Gasteiger partial charge in [-0.2, -0.15) is 0 Å². The lowest BCUT2D eigenvalue weighted by molar-refractivity contribution is -0.123. The summed E-state index contributed by atoms with van der Waals surface area (Å²) >= 11 is 0. The highest BCUT2D eigenvalue weighted by Gasteiger charge is 2.15. The molecule has 124 valence electrons. The van der Waals surface area contributed by atoms with Gasteiger partial charge in [0.2, 0.25) is 5.91 Å². The fraction of sp³-hybridized carbons (Fsp3) is 0.222. The number of ether oxygens (including phenoxy) is 1. The van der Waals surface area contributed by atoms with Crippen molar-refractivity contribution in [1.82, 2.24) is 5.32 Å². The van der Waals surface area contributed by atoms with Crippen LogP contribution < -0.4 is 15.4 Å². The number of anilines is 1. The lowest BCUT2D eigenvalue weighted by Crippen LogP contribution is -2.28. The first-order valence-electron chi connectivity index (χ1n) is 7.67. The van der Waals surface area contributed by atoms with E-state index in [-0.39, 0.29) is 30.8 Å². The van der Waals surface area contributed by atoms with E-state index in [1.54, 1.807) is 30.3 Å². The summed E-state index contributed by atoms with van der Waals surface area (Å²) in [6.07, 6.45) is 1.09. The maximum atomic E-state index is 13.5. The van der Waals surface area contributed by atoms with E-state index in [0.717, 1.165) is 11.3 Å². The van der Waals surface area contributed by atoms with E-state index in [9.17, 15) is 14.0 Å². The Labute approximate surface area is 138 Å². The quantitative estimate of drug-likeness (QED) is 0.886. The maximum absolute atomic E-state index is 13.5. The van der Waals surface area contributed by atoms with Gasteiger partial charge in [0.05, 0.1) is 0 Å². The minimum absolute atomic E-state index is 0.00342. The van der Waals surface area contributed by atoms with Crippen LogP contribution in [0.25, 0.3) is 0 Å². The third-order valence-corrected chi connectivity index (χ3v) is 3.78. The molecule has 0 fully saturated rings. The van der Waals surface area contributed by atoms with Crippen molar-refractivity contribution in [3.63, 3.8) is 0 Å². The summed E-state index contributed by atoms with van der Waals surface area (Å²) in [5, 5.41) is 5.40. The Morgan fingerprint density at radius 3 is 2.88 bits per heavy atom. The van der Waals surface area contributed by atoms with Crippen LogP contribution in [0.4, 0.5) is 10.1 Å². The van der Waals surface area contributed by atoms with Crippen molar-refractivity contribution in [2.24, 2.45) is 0 Å². The molecule has 0 saturated heterocycles. The minimum atomic E-state index is -0.351. The van der Waals surface area contributed by atoms with Gasteiger partial charge in [0.1, 0.15) is 11.6 Å². The second-order valence-corrected chi connectivity index (χ2v) is 5.52. The molecule has 0 bridgehead atoms. The second kappa shape index (κ2) is 7.12. The minimum Gasteiger partial charge on any atom is -0.484 e. The van der Waals surface area contributed by atoms with Gasteiger partial charge in [0, 0.05) is 24.2 Å². The molecular weight excluding hydrogens is 311 g/mol. The zero-order valence-electron chi connectivity index (χ0n) is 13.0. The molecule has 6 heteroatoms. The molecule has 2 aromatic rings. The van der Waals surface area contributed by atoms with Crippen molar-refractivity contribution < 1.29 is 18.7 Å². The van der Waals surface area contributed by atoms with Crippen molar-refractivity contribution in [3.8, 4) is 5.75 Å². The van der Waals surface area contributed by atoms with Gasteiger partial charge in [-0.1, -0.05) is 18.2 Å². The van der Waals surface area contributed by atoms with E-state index in [4.69, 9.17) is 4.74 Å². The Bertz CT molecular complexity index is 777. The van der Waals surface area contributed by atoms with E-state index >= 15 is 0 Å². The largest absolute Gasteiger partial charge is 0.484 e. The molecule has 1 aliphatic rings. The van der Waals surface area contributed by atoms with Crippen LogP contribution in [0.2, 0.25) is 0 Å². The van der Waals surface area contributed by atoms with Gasteiger partial charge in [0.15, 0.2) is 6.61 Å². The second-order valence-electron chi connectivity index (χ2n) is 5.52. The molecule has 0 aromatic heterocycles. The lowest BCUT2D eigenvalue weighted by atomic mass is 10.0. The SMILES string of the molecule is O=C(COc1ccc2c(c1)CCC(=O)N2)NCc1ccccc1F. The summed E-state index contributed by atoms with van der Waals surface area (Å²) in [6, 6.07) is 11.6. The molecule has 1 aliphatic heterocycles. The standard InChI is InChI=1S/C18H17FN2O3/c19-15-4-2-1-3-13(15)10-20-18(23)11-24-14-6-7-16-12(9-14)5-8-17(22)21-16/h1-4,6-7,9H,5,8,10-11H2,(H,20,23)(H,21,22). The first-order valence-corrected chi connectivity index (χ1v) is 7.67. The first kappa shape index (κ1) is 16.0. The van der Waals surface area contributed by atoms with E-state index in [0.29, 0.717) is 24.2 Å². The van der Waals surface area contributed by atoms with Crippen LogP contribution in [0.3, 0.4) is 0 Å². The molecule has 0 aliphatic carbocycles. The molecule has 2 N–H and O–H groups in total. The molecule has 1 heterocycles. The van der Waals surface area contributed by atoms with Gasteiger partial charge < -0.3 is 15.4 Å². The van der Waals surface area contributed by atoms with E-state index in [2.05, 4.69) is 10.6 Å². The Balaban J connectivity index is 1.51. The molecule has 0 spiro atoms. The third kappa shape index (κ3) is 3.90. The average molecular weight is 328 g/mol. The number of rotatable bonds is 5. The maximum Gasteiger partial charge on any atom is 0.258 e. The van der Waals surface area contributed by atoms with Crippen molar-refractivity contribution in [1.29, 1.82) is 0 Å². The van der Waals surface area contributed by atoms with E-state index < -0.39 is 0 Å². The molecule has 24 heavy (non-hydrogen) atoms. The number of fused-ring (bicyclic) bond motifs is 1. The highest BCUT2D eigenvalue weighted by molar-refractivity contribution is 5.94. The lowest BCUT2D eigenvalue weighted by Gasteiger charge is -2.17. The van der Waals surface area contributed by atoms with Crippen LogP contribution in [-0.4, -0.2) is 18.4 Å². The van der Waals surface area contributed by atoms with Gasteiger partial charge in [-0.05, 0) is 36.2 Å². The van der Waals surface area contributed by atoms with Gasteiger partial charge >= 0.3 is 0 Å². The van der Waals surface area contributed by atoms with Gasteiger partial charge in [-0.3, -0.25) is 9.59 Å². The predicted molar refractivity (Wildman–Crippen MR) is 87.1 cm³/mol. The first-order chi connectivity index (χ1) is 11.6. The number of benzene rings is 2. The molecular formula is C18H17FN2O3. The topological polar surface area (TPSA) is 67.4 Å². The smallest absolute Gasteiger partial charge is 0.258 e. The molecule has 0 unspecified atom stereocenters. The van der Waals surface area contributed by atoms with Crippen LogP contribution in [0.1, 0.15) is 17.5 Å². The number of halogens is 1. The number of hydrogen-bond donors (Lipinski definition) is 2. The van der Waals surface area contributed by atoms with Crippen LogP contribution in [0.5, 0.6) is 5.75 Å². The van der Waals surface area contributed by atoms with E-state index in [1.165, 1.54) is 6.07 Å². The van der Waals surface area contributed by atoms with Gasteiger partial charge in [-0.15, -0.1) is 0 Å². The number of aryl methyl sites for hydroxylation is 1. The van der Waals surface area contributed by atoms with E-state index in [1.807, 2.05) is 6.07 Å². The number of carbonyl (C=O) groups excluding carboxylic acids is 2. The normalized spacial score (nSPS) is 13.0. The van der Waals surface area contributed by atoms with Crippen LogP contribution in [0, 0.1) is 5.82 Å². The number of carbonyl (C=O) groups is 2. The van der Waals surface area contributed by atoms with Crippen LogP contribution in [-0.2, 0) is 22.6 Å². The van der Waals surface area contributed by atoms with Crippen molar-refractivity contribution in [3.05, 3.63) is 59.4 Å². The van der Waals surface area contributed by atoms with Gasteiger partial charge in [0.25, 0.3) is 5.91 Å². The summed E-state index contributed by atoms with van der Waals surface area (Å²) in [6.45, 7) is -0.0370. The average Bonchev–Trinajstić information content (AvgIpc) is 2.59. The van der Waals surface area contributed by atoms with Gasteiger partial charge in [-0.25, -0.2) is 4.39 Å². The Morgan fingerprint density at radius 2 is 2.04 bits per heavy atom. The number of hydrogen-bond acceptors (Lipinski definition) is 3. The fourth-order valence-electron chi connectivity index (χ4n) is 2.49. The third-order valence-electron chi connectivity index (χ3n) is 3.78.